The van der Waals surface area contributed by atoms with Crippen LogP contribution < -0.4 is 5.32 Å². The van der Waals surface area contributed by atoms with Crippen molar-refractivity contribution in [2.24, 2.45) is 11.8 Å². The van der Waals surface area contributed by atoms with Gasteiger partial charge in [0.2, 0.25) is 0 Å². The van der Waals surface area contributed by atoms with E-state index in [2.05, 4.69) is 26.1 Å². The Morgan fingerprint density at radius 3 is 2.62 bits per heavy atom. The normalized spacial score (nSPS) is 33.9. The van der Waals surface area contributed by atoms with Crippen molar-refractivity contribution in [3.05, 3.63) is 0 Å². The molecule has 3 unspecified atom stereocenters. The van der Waals surface area contributed by atoms with Crippen LogP contribution in [0.2, 0.25) is 0 Å². The highest BCUT2D eigenvalue weighted by Gasteiger charge is 2.31. The number of rotatable bonds is 5. The van der Waals surface area contributed by atoms with E-state index in [4.69, 9.17) is 0 Å². The number of nitrogens with one attached hydrogen (secondary N) is 1. The first kappa shape index (κ1) is 11.0. The summed E-state index contributed by atoms with van der Waals surface area (Å²) in [5.41, 5.74) is 0. The zero-order valence-corrected chi connectivity index (χ0v) is 9.47. The molecular weight excluding hydrogens is 158 g/mol. The molecule has 3 atom stereocenters. The van der Waals surface area contributed by atoms with E-state index in [0.29, 0.717) is 0 Å². The minimum Gasteiger partial charge on any atom is -0.314 e. The van der Waals surface area contributed by atoms with Gasteiger partial charge in [-0.15, -0.1) is 0 Å². The summed E-state index contributed by atoms with van der Waals surface area (Å²) >= 11 is 0. The molecule has 0 spiro atoms. The average molecular weight is 183 g/mol. The minimum atomic E-state index is 0.812. The fourth-order valence-corrected chi connectivity index (χ4v) is 2.67. The summed E-state index contributed by atoms with van der Waals surface area (Å²) in [5.74, 6) is 1.91. The zero-order valence-electron chi connectivity index (χ0n) is 9.47. The number of hydrogen-bond acceptors (Lipinski definition) is 1. The van der Waals surface area contributed by atoms with Crippen LogP contribution >= 0.6 is 0 Å². The Hall–Kier alpha value is -0.0400. The molecule has 0 aromatic carbocycles. The summed E-state index contributed by atoms with van der Waals surface area (Å²) in [7, 11) is 0. The van der Waals surface area contributed by atoms with Gasteiger partial charge in [0, 0.05) is 6.04 Å². The third-order valence-corrected chi connectivity index (χ3v) is 3.62. The third-order valence-electron chi connectivity index (χ3n) is 3.62. The van der Waals surface area contributed by atoms with Gasteiger partial charge in [-0.1, -0.05) is 40.0 Å². The molecule has 1 fully saturated rings. The molecule has 0 heterocycles. The molecule has 0 saturated heterocycles. The summed E-state index contributed by atoms with van der Waals surface area (Å²) < 4.78 is 0. The first-order chi connectivity index (χ1) is 6.29. The summed E-state index contributed by atoms with van der Waals surface area (Å²) in [4.78, 5) is 0. The van der Waals surface area contributed by atoms with Crippen molar-refractivity contribution in [2.45, 2.75) is 58.9 Å². The molecule has 13 heavy (non-hydrogen) atoms. The van der Waals surface area contributed by atoms with Crippen molar-refractivity contribution in [1.29, 1.82) is 0 Å². The molecule has 0 amide bonds. The highest BCUT2D eigenvalue weighted by molar-refractivity contribution is 4.86. The maximum atomic E-state index is 3.60. The van der Waals surface area contributed by atoms with Gasteiger partial charge in [-0.05, 0) is 31.2 Å². The lowest BCUT2D eigenvalue weighted by molar-refractivity contribution is 0.334. The zero-order chi connectivity index (χ0) is 9.68. The second-order valence-corrected chi connectivity index (χ2v) is 4.50. The van der Waals surface area contributed by atoms with Crippen molar-refractivity contribution < 1.29 is 0 Å². The smallest absolute Gasteiger partial charge is 0.00953 e. The van der Waals surface area contributed by atoms with E-state index in [1.165, 1.54) is 32.1 Å². The van der Waals surface area contributed by atoms with Gasteiger partial charge in [-0.25, -0.2) is 0 Å². The maximum Gasteiger partial charge on any atom is 0.00953 e. The minimum absolute atomic E-state index is 0.812. The lowest BCUT2D eigenvalue weighted by Crippen LogP contribution is -2.32. The lowest BCUT2D eigenvalue weighted by Gasteiger charge is -2.21. The van der Waals surface area contributed by atoms with Gasteiger partial charge in [0.25, 0.3) is 0 Å². The predicted molar refractivity (Wildman–Crippen MR) is 58.9 cm³/mol. The van der Waals surface area contributed by atoms with Crippen molar-refractivity contribution in [3.8, 4) is 0 Å². The molecule has 0 bridgehead atoms. The van der Waals surface area contributed by atoms with Crippen LogP contribution in [0.5, 0.6) is 0 Å². The molecule has 0 aliphatic heterocycles. The summed E-state index contributed by atoms with van der Waals surface area (Å²) in [5, 5.41) is 3.60. The van der Waals surface area contributed by atoms with E-state index in [0.717, 1.165) is 24.4 Å². The Labute approximate surface area is 83.3 Å². The van der Waals surface area contributed by atoms with E-state index in [-0.39, 0.29) is 0 Å². The molecule has 1 saturated carbocycles. The summed E-state index contributed by atoms with van der Waals surface area (Å²) in [6.45, 7) is 8.07. The third kappa shape index (κ3) is 2.98. The van der Waals surface area contributed by atoms with Crippen LogP contribution in [0.15, 0.2) is 0 Å². The van der Waals surface area contributed by atoms with Crippen molar-refractivity contribution in [3.63, 3.8) is 0 Å². The monoisotopic (exact) mass is 183 g/mol. The summed E-state index contributed by atoms with van der Waals surface area (Å²) in [6, 6.07) is 0.812. The van der Waals surface area contributed by atoms with E-state index >= 15 is 0 Å². The Morgan fingerprint density at radius 2 is 2.00 bits per heavy atom. The van der Waals surface area contributed by atoms with Crippen molar-refractivity contribution in [2.75, 3.05) is 6.54 Å². The Kier molecular flexibility index (Phi) is 4.79. The fraction of sp³-hybridized carbons (Fsp3) is 1.00. The Morgan fingerprint density at radius 1 is 1.23 bits per heavy atom. The molecule has 1 N–H and O–H groups in total. The molecule has 0 aromatic rings. The molecule has 1 rings (SSSR count). The SMILES string of the molecule is CCCCC1CCC(NCC)C1C. The molecule has 1 nitrogen and oxygen atoms in total. The van der Waals surface area contributed by atoms with E-state index in [9.17, 15) is 0 Å². The summed E-state index contributed by atoms with van der Waals surface area (Å²) in [6.07, 6.45) is 7.10. The molecule has 1 aliphatic rings. The van der Waals surface area contributed by atoms with E-state index in [1.54, 1.807) is 0 Å². The molecule has 0 radical (unpaired) electrons. The van der Waals surface area contributed by atoms with Crippen LogP contribution in [0, 0.1) is 11.8 Å². The van der Waals surface area contributed by atoms with Gasteiger partial charge in [0.15, 0.2) is 0 Å². The van der Waals surface area contributed by atoms with Crippen molar-refractivity contribution >= 4 is 0 Å². The molecule has 1 heteroatoms. The van der Waals surface area contributed by atoms with Gasteiger partial charge < -0.3 is 5.32 Å². The second kappa shape index (κ2) is 5.64. The van der Waals surface area contributed by atoms with Crippen molar-refractivity contribution in [1.82, 2.24) is 5.32 Å². The molecular formula is C12H25N. The lowest BCUT2D eigenvalue weighted by atomic mass is 9.91. The first-order valence-corrected chi connectivity index (χ1v) is 6.03. The Bertz CT molecular complexity index is 133. The highest BCUT2D eigenvalue weighted by atomic mass is 14.9. The first-order valence-electron chi connectivity index (χ1n) is 6.03. The molecule has 1 aliphatic carbocycles. The van der Waals surface area contributed by atoms with E-state index in [1.807, 2.05) is 0 Å². The van der Waals surface area contributed by atoms with Gasteiger partial charge in [0.05, 0.1) is 0 Å². The van der Waals surface area contributed by atoms with E-state index < -0.39 is 0 Å². The average Bonchev–Trinajstić information content (AvgIpc) is 2.46. The number of hydrogen-bond donors (Lipinski definition) is 1. The quantitative estimate of drug-likeness (QED) is 0.690. The topological polar surface area (TPSA) is 12.0 Å². The van der Waals surface area contributed by atoms with Crippen LogP contribution in [0.4, 0.5) is 0 Å². The van der Waals surface area contributed by atoms with Crippen LogP contribution in [0.1, 0.15) is 52.9 Å². The van der Waals surface area contributed by atoms with Crippen LogP contribution in [0.25, 0.3) is 0 Å². The molecule has 0 aromatic heterocycles. The largest absolute Gasteiger partial charge is 0.314 e. The standard InChI is InChI=1S/C12H25N/c1-4-6-7-11-8-9-12(10(11)3)13-5-2/h10-13H,4-9H2,1-3H3. The van der Waals surface area contributed by atoms with Gasteiger partial charge in [-0.3, -0.25) is 0 Å². The van der Waals surface area contributed by atoms with Crippen LogP contribution in [0.3, 0.4) is 0 Å². The van der Waals surface area contributed by atoms with Gasteiger partial charge in [-0.2, -0.15) is 0 Å². The van der Waals surface area contributed by atoms with Gasteiger partial charge in [0.1, 0.15) is 0 Å². The van der Waals surface area contributed by atoms with Crippen LogP contribution in [-0.4, -0.2) is 12.6 Å². The molecule has 78 valence electrons. The number of unbranched alkanes of at least 4 members (excludes halogenated alkanes) is 1. The van der Waals surface area contributed by atoms with Gasteiger partial charge >= 0.3 is 0 Å². The highest BCUT2D eigenvalue weighted by Crippen LogP contribution is 2.35. The second-order valence-electron chi connectivity index (χ2n) is 4.50. The maximum absolute atomic E-state index is 3.60. The Balaban J connectivity index is 2.27. The van der Waals surface area contributed by atoms with Crippen LogP contribution in [-0.2, 0) is 0 Å². The fourth-order valence-electron chi connectivity index (χ4n) is 2.67. The predicted octanol–water partition coefficient (Wildman–Crippen LogP) is 3.20.